The molecule has 6 nitrogen and oxygen atoms in total. The summed E-state index contributed by atoms with van der Waals surface area (Å²) in [4.78, 5) is 25.2. The van der Waals surface area contributed by atoms with Crippen molar-refractivity contribution in [3.8, 4) is 5.75 Å². The predicted molar refractivity (Wildman–Crippen MR) is 103 cm³/mol. The Hall–Kier alpha value is -2.24. The van der Waals surface area contributed by atoms with Gasteiger partial charge in [-0.25, -0.2) is 9.59 Å². The molecule has 0 saturated carbocycles. The second-order valence-corrected chi connectivity index (χ2v) is 8.72. The zero-order valence-electron chi connectivity index (χ0n) is 17.1. The molecule has 1 aliphatic heterocycles. The van der Waals surface area contributed by atoms with E-state index in [1.54, 1.807) is 20.8 Å². The average Bonchev–Trinajstić information content (AvgIpc) is 2.98. The lowest BCUT2D eigenvalue weighted by Gasteiger charge is -2.26. The second-order valence-electron chi connectivity index (χ2n) is 8.72. The quantitative estimate of drug-likeness (QED) is 0.831. The molecule has 1 aromatic carbocycles. The Morgan fingerprint density at radius 3 is 2.22 bits per heavy atom. The summed E-state index contributed by atoms with van der Waals surface area (Å²) in [7, 11) is 0. The van der Waals surface area contributed by atoms with Gasteiger partial charge in [-0.2, -0.15) is 0 Å². The summed E-state index contributed by atoms with van der Waals surface area (Å²) >= 11 is 0. The number of carbonyl (C=O) groups is 2. The minimum Gasteiger partial charge on any atom is -0.488 e. The van der Waals surface area contributed by atoms with Gasteiger partial charge in [0.1, 0.15) is 23.5 Å². The lowest BCUT2D eigenvalue weighted by Crippen LogP contribution is -2.43. The topological polar surface area (TPSA) is 76.1 Å². The molecule has 1 amide bonds. The van der Waals surface area contributed by atoms with Crippen molar-refractivity contribution in [1.29, 1.82) is 0 Å². The molecule has 0 bridgehead atoms. The van der Waals surface area contributed by atoms with Crippen LogP contribution in [0.15, 0.2) is 24.3 Å². The number of ether oxygens (including phenoxy) is 2. The SMILES string of the molecule is CCC(C)(C)c1ccc(O[C@H]2C[C@@H](C(=O)O)N(C(=O)OC(C)(C)C)C2)cc1. The number of hydrogen-bond donors (Lipinski definition) is 1. The molecule has 1 aliphatic rings. The summed E-state index contributed by atoms with van der Waals surface area (Å²) in [6.07, 6.45) is 0.252. The van der Waals surface area contributed by atoms with Crippen LogP contribution in [0.4, 0.5) is 4.79 Å². The number of carbonyl (C=O) groups excluding carboxylic acids is 1. The predicted octanol–water partition coefficient (Wildman–Crippen LogP) is 4.22. The van der Waals surface area contributed by atoms with E-state index in [2.05, 4.69) is 20.8 Å². The standard InChI is InChI=1S/C21H31NO5/c1-7-21(5,6)14-8-10-15(11-9-14)26-16-12-17(18(23)24)22(13-16)19(25)27-20(2,3)4/h8-11,16-17H,7,12-13H2,1-6H3,(H,23,24)/t16-,17-/m0/s1. The molecule has 0 aliphatic carbocycles. The number of carboxylic acids is 1. The van der Waals surface area contributed by atoms with E-state index >= 15 is 0 Å². The lowest BCUT2D eigenvalue weighted by atomic mass is 9.82. The summed E-state index contributed by atoms with van der Waals surface area (Å²) in [6.45, 7) is 12.0. The first-order valence-electron chi connectivity index (χ1n) is 9.42. The molecule has 0 radical (unpaired) electrons. The average molecular weight is 377 g/mol. The number of amides is 1. The number of carboxylic acid groups (broad SMARTS) is 1. The van der Waals surface area contributed by atoms with Crippen molar-refractivity contribution in [3.63, 3.8) is 0 Å². The van der Waals surface area contributed by atoms with Crippen LogP contribution in [0.5, 0.6) is 5.75 Å². The van der Waals surface area contributed by atoms with E-state index in [-0.39, 0.29) is 24.5 Å². The van der Waals surface area contributed by atoms with Crippen LogP contribution in [0.3, 0.4) is 0 Å². The molecular weight excluding hydrogens is 346 g/mol. The molecular formula is C21H31NO5. The smallest absolute Gasteiger partial charge is 0.411 e. The minimum absolute atomic E-state index is 0.0911. The molecule has 0 unspecified atom stereocenters. The van der Waals surface area contributed by atoms with Crippen molar-refractivity contribution in [2.24, 2.45) is 0 Å². The number of benzene rings is 1. The molecule has 150 valence electrons. The number of rotatable bonds is 5. The molecule has 1 heterocycles. The van der Waals surface area contributed by atoms with Crippen LogP contribution in [0.1, 0.15) is 59.9 Å². The van der Waals surface area contributed by atoms with Crippen molar-refractivity contribution < 1.29 is 24.2 Å². The number of hydrogen-bond acceptors (Lipinski definition) is 4. The van der Waals surface area contributed by atoms with Crippen LogP contribution in [0.25, 0.3) is 0 Å². The van der Waals surface area contributed by atoms with Gasteiger partial charge >= 0.3 is 12.1 Å². The highest BCUT2D eigenvalue weighted by atomic mass is 16.6. The van der Waals surface area contributed by atoms with Crippen LogP contribution in [-0.4, -0.2) is 46.4 Å². The van der Waals surface area contributed by atoms with Gasteiger partial charge in [-0.3, -0.25) is 4.90 Å². The Balaban J connectivity index is 2.07. The molecule has 1 N–H and O–H groups in total. The highest BCUT2D eigenvalue weighted by Crippen LogP contribution is 2.30. The molecule has 0 aromatic heterocycles. The van der Waals surface area contributed by atoms with Crippen LogP contribution in [-0.2, 0) is 14.9 Å². The summed E-state index contributed by atoms with van der Waals surface area (Å²) in [5, 5.41) is 9.46. The highest BCUT2D eigenvalue weighted by Gasteiger charge is 2.42. The van der Waals surface area contributed by atoms with Gasteiger partial charge in [-0.1, -0.05) is 32.9 Å². The van der Waals surface area contributed by atoms with E-state index in [1.807, 2.05) is 24.3 Å². The Morgan fingerprint density at radius 2 is 1.74 bits per heavy atom. The first-order chi connectivity index (χ1) is 12.4. The highest BCUT2D eigenvalue weighted by molar-refractivity contribution is 5.81. The fourth-order valence-corrected chi connectivity index (χ4v) is 3.02. The van der Waals surface area contributed by atoms with Gasteiger partial charge in [-0.05, 0) is 50.3 Å². The summed E-state index contributed by atoms with van der Waals surface area (Å²) < 4.78 is 11.3. The first-order valence-corrected chi connectivity index (χ1v) is 9.42. The van der Waals surface area contributed by atoms with Crippen LogP contribution < -0.4 is 4.74 Å². The van der Waals surface area contributed by atoms with E-state index in [0.29, 0.717) is 5.75 Å². The maximum atomic E-state index is 12.3. The van der Waals surface area contributed by atoms with Crippen molar-refractivity contribution in [2.45, 2.75) is 77.5 Å². The van der Waals surface area contributed by atoms with Crippen molar-refractivity contribution in [2.75, 3.05) is 6.54 Å². The summed E-state index contributed by atoms with van der Waals surface area (Å²) in [6, 6.07) is 6.93. The number of aliphatic carboxylic acids is 1. The normalized spacial score (nSPS) is 20.4. The van der Waals surface area contributed by atoms with E-state index in [4.69, 9.17) is 9.47 Å². The van der Waals surface area contributed by atoms with Crippen LogP contribution >= 0.6 is 0 Å². The third-order valence-electron chi connectivity index (χ3n) is 5.00. The number of likely N-dealkylation sites (tertiary alicyclic amines) is 1. The first kappa shape index (κ1) is 21.1. The molecule has 6 heteroatoms. The molecule has 1 fully saturated rings. The Labute approximate surface area is 161 Å². The molecule has 2 atom stereocenters. The van der Waals surface area contributed by atoms with E-state index in [9.17, 15) is 14.7 Å². The zero-order valence-corrected chi connectivity index (χ0v) is 17.1. The van der Waals surface area contributed by atoms with Gasteiger partial charge in [0.05, 0.1) is 6.54 Å². The monoisotopic (exact) mass is 377 g/mol. The molecule has 0 spiro atoms. The van der Waals surface area contributed by atoms with Crippen LogP contribution in [0, 0.1) is 0 Å². The summed E-state index contributed by atoms with van der Waals surface area (Å²) in [5.41, 5.74) is 0.636. The lowest BCUT2D eigenvalue weighted by molar-refractivity contribution is -0.142. The zero-order chi connectivity index (χ0) is 20.4. The largest absolute Gasteiger partial charge is 0.488 e. The van der Waals surface area contributed by atoms with E-state index in [0.717, 1.165) is 6.42 Å². The van der Waals surface area contributed by atoms with Gasteiger partial charge in [0.2, 0.25) is 0 Å². The van der Waals surface area contributed by atoms with Crippen LogP contribution in [0.2, 0.25) is 0 Å². The maximum Gasteiger partial charge on any atom is 0.411 e. The minimum atomic E-state index is -1.05. The third kappa shape index (κ3) is 5.37. The van der Waals surface area contributed by atoms with Gasteiger partial charge in [-0.15, -0.1) is 0 Å². The molecule has 1 aromatic rings. The van der Waals surface area contributed by atoms with Gasteiger partial charge < -0.3 is 14.6 Å². The van der Waals surface area contributed by atoms with Gasteiger partial charge in [0.15, 0.2) is 0 Å². The summed E-state index contributed by atoms with van der Waals surface area (Å²) in [5.74, 6) is -0.377. The Bertz CT molecular complexity index is 675. The Morgan fingerprint density at radius 1 is 1.15 bits per heavy atom. The fraction of sp³-hybridized carbons (Fsp3) is 0.619. The van der Waals surface area contributed by atoms with Crippen molar-refractivity contribution in [1.82, 2.24) is 4.90 Å². The molecule has 1 saturated heterocycles. The van der Waals surface area contributed by atoms with E-state index in [1.165, 1.54) is 10.5 Å². The Kier molecular flexibility index (Phi) is 6.07. The van der Waals surface area contributed by atoms with Gasteiger partial charge in [0, 0.05) is 6.42 Å². The number of nitrogens with zero attached hydrogens (tertiary/aromatic N) is 1. The molecule has 27 heavy (non-hydrogen) atoms. The molecule has 2 rings (SSSR count). The fourth-order valence-electron chi connectivity index (χ4n) is 3.02. The van der Waals surface area contributed by atoms with E-state index < -0.39 is 23.7 Å². The van der Waals surface area contributed by atoms with Gasteiger partial charge in [0.25, 0.3) is 0 Å². The third-order valence-corrected chi connectivity index (χ3v) is 5.00. The maximum absolute atomic E-state index is 12.3. The van der Waals surface area contributed by atoms with Crippen molar-refractivity contribution in [3.05, 3.63) is 29.8 Å². The van der Waals surface area contributed by atoms with Crippen molar-refractivity contribution >= 4 is 12.1 Å². The second kappa shape index (κ2) is 7.79.